The lowest BCUT2D eigenvalue weighted by Crippen LogP contribution is -2.30. The van der Waals surface area contributed by atoms with Gasteiger partial charge < -0.3 is 15.0 Å². The number of halogens is 3. The van der Waals surface area contributed by atoms with Crippen LogP contribution in [0.2, 0.25) is 0 Å². The molecule has 1 atom stereocenters. The first-order valence-electron chi connectivity index (χ1n) is 11.6. The van der Waals surface area contributed by atoms with Crippen LogP contribution in [0.1, 0.15) is 56.0 Å². The van der Waals surface area contributed by atoms with Crippen LogP contribution in [0, 0.1) is 6.92 Å². The molecule has 2 amide bonds. The zero-order valence-corrected chi connectivity index (χ0v) is 23.7. The van der Waals surface area contributed by atoms with Crippen molar-refractivity contribution < 1.29 is 27.3 Å². The molecule has 0 unspecified atom stereocenters. The van der Waals surface area contributed by atoms with Gasteiger partial charge in [0.15, 0.2) is 5.82 Å². The fraction of sp³-hybridized carbons (Fsp3) is 0.500. The Hall–Kier alpha value is -2.67. The SMILES string of the molecule is Cc1c(Br)nnc(N2CCCC(F)(F)CC2)c1C(=O)Nc1cccc([S@@](C)(=O)=NC(=O)OC(C)(C)C)c1. The molecule has 0 saturated carbocycles. The van der Waals surface area contributed by atoms with Gasteiger partial charge in [0.05, 0.1) is 15.3 Å². The first-order valence-corrected chi connectivity index (χ1v) is 14.3. The van der Waals surface area contributed by atoms with Gasteiger partial charge in [0.25, 0.3) is 5.91 Å². The predicted octanol–water partition coefficient (Wildman–Crippen LogP) is 5.82. The molecular weight excluding hydrogens is 572 g/mol. The van der Waals surface area contributed by atoms with Gasteiger partial charge in [-0.1, -0.05) is 6.07 Å². The van der Waals surface area contributed by atoms with Crippen LogP contribution in [0.5, 0.6) is 0 Å². The number of benzene rings is 1. The molecule has 2 heterocycles. The number of aromatic nitrogens is 2. The summed E-state index contributed by atoms with van der Waals surface area (Å²) in [7, 11) is -3.17. The highest BCUT2D eigenvalue weighted by Crippen LogP contribution is 2.32. The summed E-state index contributed by atoms with van der Waals surface area (Å²) in [5.74, 6) is -3.10. The Labute approximate surface area is 223 Å². The van der Waals surface area contributed by atoms with Gasteiger partial charge >= 0.3 is 6.09 Å². The third-order valence-corrected chi connectivity index (χ3v) is 7.94. The Morgan fingerprint density at radius 1 is 1.22 bits per heavy atom. The number of hydrogen-bond acceptors (Lipinski definition) is 7. The second kappa shape index (κ2) is 11.0. The molecule has 1 aromatic carbocycles. The minimum atomic E-state index is -3.17. The van der Waals surface area contributed by atoms with Crippen molar-refractivity contribution in [2.75, 3.05) is 29.6 Å². The van der Waals surface area contributed by atoms with Gasteiger partial charge in [-0.05, 0) is 68.2 Å². The maximum absolute atomic E-state index is 13.9. The van der Waals surface area contributed by atoms with Gasteiger partial charge in [0, 0.05) is 48.3 Å². The number of anilines is 2. The van der Waals surface area contributed by atoms with E-state index in [9.17, 15) is 22.6 Å². The molecule has 0 radical (unpaired) electrons. The van der Waals surface area contributed by atoms with Crippen molar-refractivity contribution in [1.29, 1.82) is 0 Å². The molecule has 202 valence electrons. The number of carbonyl (C=O) groups is 2. The van der Waals surface area contributed by atoms with Crippen molar-refractivity contribution >= 4 is 49.2 Å². The molecule has 0 bridgehead atoms. The van der Waals surface area contributed by atoms with Crippen molar-refractivity contribution in [3.05, 3.63) is 40.0 Å². The monoisotopic (exact) mass is 601 g/mol. The highest BCUT2D eigenvalue weighted by atomic mass is 79.9. The molecule has 1 aliphatic rings. The number of carbonyl (C=O) groups excluding carboxylic acids is 2. The predicted molar refractivity (Wildman–Crippen MR) is 141 cm³/mol. The second-order valence-corrected chi connectivity index (χ2v) is 12.9. The number of rotatable bonds is 4. The zero-order valence-electron chi connectivity index (χ0n) is 21.3. The smallest absolute Gasteiger partial charge is 0.442 e. The van der Waals surface area contributed by atoms with E-state index in [1.54, 1.807) is 44.7 Å². The van der Waals surface area contributed by atoms with Crippen LogP contribution in [-0.4, -0.2) is 57.3 Å². The summed E-state index contributed by atoms with van der Waals surface area (Å²) < 4.78 is 50.2. The summed E-state index contributed by atoms with van der Waals surface area (Å²) in [5.41, 5.74) is 0.191. The average Bonchev–Trinajstić information content (AvgIpc) is 2.94. The zero-order chi connectivity index (χ0) is 27.6. The summed E-state index contributed by atoms with van der Waals surface area (Å²) in [6, 6.07) is 6.16. The summed E-state index contributed by atoms with van der Waals surface area (Å²) >= 11 is 3.29. The molecule has 13 heteroatoms. The van der Waals surface area contributed by atoms with Crippen LogP contribution in [-0.2, 0) is 14.5 Å². The molecule has 2 aromatic rings. The van der Waals surface area contributed by atoms with Crippen LogP contribution in [0.15, 0.2) is 38.1 Å². The topological polar surface area (TPSA) is 114 Å². The van der Waals surface area contributed by atoms with Crippen molar-refractivity contribution in [2.45, 2.75) is 63.4 Å². The minimum absolute atomic E-state index is 0.0303. The lowest BCUT2D eigenvalue weighted by molar-refractivity contribution is -0.0102. The number of nitrogens with zero attached hydrogens (tertiary/aromatic N) is 4. The third kappa shape index (κ3) is 7.67. The first-order chi connectivity index (χ1) is 17.1. The summed E-state index contributed by atoms with van der Waals surface area (Å²) in [6.45, 7) is 7.04. The van der Waals surface area contributed by atoms with Crippen LogP contribution in [0.4, 0.5) is 25.1 Å². The lowest BCUT2D eigenvalue weighted by Gasteiger charge is -2.24. The van der Waals surface area contributed by atoms with Gasteiger partial charge in [-0.3, -0.25) is 4.79 Å². The van der Waals surface area contributed by atoms with Crippen LogP contribution in [0.25, 0.3) is 0 Å². The Morgan fingerprint density at radius 3 is 2.59 bits per heavy atom. The minimum Gasteiger partial charge on any atom is -0.442 e. The van der Waals surface area contributed by atoms with E-state index in [4.69, 9.17) is 4.74 Å². The highest BCUT2D eigenvalue weighted by Gasteiger charge is 2.34. The molecule has 1 N–H and O–H groups in total. The highest BCUT2D eigenvalue weighted by molar-refractivity contribution is 9.10. The van der Waals surface area contributed by atoms with Crippen molar-refractivity contribution in [1.82, 2.24) is 10.2 Å². The quantitative estimate of drug-likeness (QED) is 0.470. The van der Waals surface area contributed by atoms with Crippen LogP contribution >= 0.6 is 15.9 Å². The van der Waals surface area contributed by atoms with Gasteiger partial charge in [-0.2, -0.15) is 0 Å². The molecule has 9 nitrogen and oxygen atoms in total. The van der Waals surface area contributed by atoms with Gasteiger partial charge in [-0.15, -0.1) is 14.6 Å². The molecule has 0 spiro atoms. The molecule has 1 aliphatic heterocycles. The molecular formula is C24H30BrF2N5O4S. The van der Waals surface area contributed by atoms with Gasteiger partial charge in [-0.25, -0.2) is 17.8 Å². The Bertz CT molecular complexity index is 1320. The van der Waals surface area contributed by atoms with E-state index >= 15 is 0 Å². The molecule has 1 saturated heterocycles. The van der Waals surface area contributed by atoms with E-state index < -0.39 is 33.3 Å². The largest absolute Gasteiger partial charge is 0.442 e. The Balaban J connectivity index is 1.91. The van der Waals surface area contributed by atoms with E-state index in [1.165, 1.54) is 18.4 Å². The first kappa shape index (κ1) is 28.9. The number of amides is 2. The fourth-order valence-corrected chi connectivity index (χ4v) is 5.12. The molecule has 0 aliphatic carbocycles. The third-order valence-electron chi connectivity index (χ3n) is 5.56. The average molecular weight is 603 g/mol. The number of nitrogens with one attached hydrogen (secondary N) is 1. The van der Waals surface area contributed by atoms with Crippen molar-refractivity contribution in [2.24, 2.45) is 4.36 Å². The molecule has 1 aromatic heterocycles. The summed E-state index contributed by atoms with van der Waals surface area (Å²) in [5, 5.41) is 10.9. The van der Waals surface area contributed by atoms with Crippen molar-refractivity contribution in [3.63, 3.8) is 0 Å². The number of alkyl halides is 2. The van der Waals surface area contributed by atoms with Gasteiger partial charge in [0.1, 0.15) is 10.2 Å². The summed E-state index contributed by atoms with van der Waals surface area (Å²) in [4.78, 5) is 27.4. The van der Waals surface area contributed by atoms with Crippen molar-refractivity contribution in [3.8, 4) is 0 Å². The molecule has 3 rings (SSSR count). The second-order valence-electron chi connectivity index (χ2n) is 9.87. The normalized spacial score (nSPS) is 17.4. The number of hydrogen-bond donors (Lipinski definition) is 1. The van der Waals surface area contributed by atoms with E-state index in [1.807, 2.05) is 0 Å². The van der Waals surface area contributed by atoms with E-state index in [0.29, 0.717) is 22.4 Å². The van der Waals surface area contributed by atoms with E-state index in [-0.39, 0.29) is 42.1 Å². The van der Waals surface area contributed by atoms with E-state index in [0.717, 1.165) is 0 Å². The lowest BCUT2D eigenvalue weighted by atomic mass is 10.1. The van der Waals surface area contributed by atoms with Crippen LogP contribution in [0.3, 0.4) is 0 Å². The fourth-order valence-electron chi connectivity index (χ4n) is 3.73. The van der Waals surface area contributed by atoms with Crippen LogP contribution < -0.4 is 10.2 Å². The Kier molecular flexibility index (Phi) is 8.57. The molecule has 1 fully saturated rings. The maximum atomic E-state index is 13.9. The Morgan fingerprint density at radius 2 is 1.92 bits per heavy atom. The molecule has 37 heavy (non-hydrogen) atoms. The standard InChI is InChI=1S/C24H30BrF2N5O4S/c1-15-18(20(30-29-19(15)25)32-12-7-10-24(26,27)11-13-32)21(33)28-16-8-6-9-17(14-16)37(5,35)31-22(34)36-23(2,3)4/h6,8-9,14H,7,10-13H2,1-5H3,(H,28,33)/t37-/m1/s1. The van der Waals surface area contributed by atoms with E-state index in [2.05, 4.69) is 35.8 Å². The van der Waals surface area contributed by atoms with Gasteiger partial charge in [0.2, 0.25) is 5.92 Å². The summed E-state index contributed by atoms with van der Waals surface area (Å²) in [6.07, 6.45) is 0.0212. The maximum Gasteiger partial charge on any atom is 0.442 e. The number of ether oxygens (including phenoxy) is 1.